The lowest BCUT2D eigenvalue weighted by atomic mass is 10.1. The Balaban J connectivity index is 1.57. The highest BCUT2D eigenvalue weighted by Gasteiger charge is 2.11. The van der Waals surface area contributed by atoms with Gasteiger partial charge in [0.05, 0.1) is 7.11 Å². The number of carbonyl (C=O) groups excluding carboxylic acids is 2. The lowest BCUT2D eigenvalue weighted by Gasteiger charge is -2.12. The van der Waals surface area contributed by atoms with Gasteiger partial charge >= 0.3 is 0 Å². The fourth-order valence-corrected chi connectivity index (χ4v) is 2.79. The van der Waals surface area contributed by atoms with Crippen molar-refractivity contribution >= 4 is 11.8 Å². The smallest absolute Gasteiger partial charge is 0.276 e. The quantitative estimate of drug-likeness (QED) is 0.632. The average molecular weight is 390 g/mol. The van der Waals surface area contributed by atoms with Gasteiger partial charge in [-0.2, -0.15) is 0 Å². The molecule has 0 aliphatic heterocycles. The van der Waals surface area contributed by atoms with Crippen molar-refractivity contribution in [1.29, 1.82) is 0 Å². The molecule has 3 aromatic carbocycles. The maximum absolute atomic E-state index is 12.2. The molecule has 0 aromatic heterocycles. The van der Waals surface area contributed by atoms with Crippen LogP contribution in [0.1, 0.15) is 15.9 Å². The van der Waals surface area contributed by atoms with Crippen molar-refractivity contribution < 1.29 is 19.1 Å². The van der Waals surface area contributed by atoms with E-state index in [0.717, 1.165) is 16.7 Å². The predicted molar refractivity (Wildman–Crippen MR) is 111 cm³/mol. The minimum Gasteiger partial charge on any atom is -0.496 e. The van der Waals surface area contributed by atoms with Crippen LogP contribution in [0.4, 0.5) is 0 Å². The Hall–Kier alpha value is -3.80. The number of para-hydroxylation sites is 1. The van der Waals surface area contributed by atoms with E-state index in [0.29, 0.717) is 17.1 Å². The summed E-state index contributed by atoms with van der Waals surface area (Å²) >= 11 is 0. The monoisotopic (exact) mass is 390 g/mol. The summed E-state index contributed by atoms with van der Waals surface area (Å²) in [5, 5.41) is 0. The highest BCUT2D eigenvalue weighted by atomic mass is 16.5. The number of hydrazine groups is 1. The van der Waals surface area contributed by atoms with Gasteiger partial charge in [0.15, 0.2) is 6.61 Å². The molecule has 0 unspecified atom stereocenters. The number of ether oxygens (including phenoxy) is 2. The highest BCUT2D eigenvalue weighted by molar-refractivity contribution is 5.96. The van der Waals surface area contributed by atoms with Crippen LogP contribution >= 0.6 is 0 Å². The zero-order valence-corrected chi connectivity index (χ0v) is 16.3. The number of methoxy groups -OCH3 is 1. The van der Waals surface area contributed by atoms with Gasteiger partial charge in [-0.1, -0.05) is 54.6 Å². The summed E-state index contributed by atoms with van der Waals surface area (Å²) < 4.78 is 10.9. The molecule has 0 spiro atoms. The number of carbonyl (C=O) groups is 2. The molecule has 0 atom stereocenters. The first-order valence-electron chi connectivity index (χ1n) is 9.09. The van der Waals surface area contributed by atoms with E-state index in [1.54, 1.807) is 24.3 Å². The molecule has 0 aliphatic rings. The second-order valence-electron chi connectivity index (χ2n) is 6.34. The first-order chi connectivity index (χ1) is 14.1. The summed E-state index contributed by atoms with van der Waals surface area (Å²) in [6.45, 7) is 1.65. The van der Waals surface area contributed by atoms with Crippen LogP contribution < -0.4 is 20.3 Å². The van der Waals surface area contributed by atoms with E-state index in [4.69, 9.17) is 9.47 Å². The fourth-order valence-electron chi connectivity index (χ4n) is 2.79. The third kappa shape index (κ3) is 5.13. The van der Waals surface area contributed by atoms with Crippen LogP contribution in [0.15, 0.2) is 72.8 Å². The van der Waals surface area contributed by atoms with Crippen LogP contribution in [0.25, 0.3) is 11.1 Å². The molecular weight excluding hydrogens is 368 g/mol. The molecule has 3 aromatic rings. The van der Waals surface area contributed by atoms with E-state index >= 15 is 0 Å². The van der Waals surface area contributed by atoms with Crippen LogP contribution in [0.5, 0.6) is 11.5 Å². The second-order valence-corrected chi connectivity index (χ2v) is 6.34. The standard InChI is InChI=1S/C23H22N2O4/c1-16-12-13-18(14-21(16)28-2)23(27)25-24-22(26)15-29-20-11-7-6-10-19(20)17-8-4-3-5-9-17/h3-14H,15H2,1-2H3,(H,24,26)(H,25,27). The van der Waals surface area contributed by atoms with Gasteiger partial charge in [-0.25, -0.2) is 0 Å². The number of benzene rings is 3. The molecule has 6 heteroatoms. The lowest BCUT2D eigenvalue weighted by molar-refractivity contribution is -0.123. The normalized spacial score (nSPS) is 10.1. The fraction of sp³-hybridized carbons (Fsp3) is 0.130. The van der Waals surface area contributed by atoms with Crippen molar-refractivity contribution in [3.05, 3.63) is 83.9 Å². The number of rotatable bonds is 6. The van der Waals surface area contributed by atoms with Crippen molar-refractivity contribution in [3.63, 3.8) is 0 Å². The number of hydrogen-bond acceptors (Lipinski definition) is 4. The van der Waals surface area contributed by atoms with Crippen LogP contribution in [0, 0.1) is 6.92 Å². The predicted octanol–water partition coefficient (Wildman–Crippen LogP) is 3.51. The zero-order valence-electron chi connectivity index (χ0n) is 16.3. The largest absolute Gasteiger partial charge is 0.496 e. The Morgan fingerprint density at radius 1 is 0.862 bits per heavy atom. The minimum atomic E-state index is -0.472. The number of aryl methyl sites for hydroxylation is 1. The van der Waals surface area contributed by atoms with Gasteiger partial charge in [0.1, 0.15) is 11.5 Å². The molecule has 2 N–H and O–H groups in total. The van der Waals surface area contributed by atoms with Crippen molar-refractivity contribution in [1.82, 2.24) is 10.9 Å². The third-order valence-electron chi connectivity index (χ3n) is 4.32. The maximum Gasteiger partial charge on any atom is 0.276 e. The van der Waals surface area contributed by atoms with Gasteiger partial charge in [-0.05, 0) is 36.2 Å². The van der Waals surface area contributed by atoms with Gasteiger partial charge in [-0.3, -0.25) is 20.4 Å². The van der Waals surface area contributed by atoms with Gasteiger partial charge < -0.3 is 9.47 Å². The molecule has 0 radical (unpaired) electrons. The first kappa shape index (κ1) is 19.9. The molecule has 0 heterocycles. The molecule has 0 saturated heterocycles. The van der Waals surface area contributed by atoms with Crippen molar-refractivity contribution in [3.8, 4) is 22.6 Å². The molecule has 2 amide bonds. The zero-order chi connectivity index (χ0) is 20.6. The van der Waals surface area contributed by atoms with Crippen molar-refractivity contribution in [2.24, 2.45) is 0 Å². The van der Waals surface area contributed by atoms with Crippen molar-refractivity contribution in [2.45, 2.75) is 6.92 Å². The van der Waals surface area contributed by atoms with Crippen molar-refractivity contribution in [2.75, 3.05) is 13.7 Å². The Labute approximate surface area is 169 Å². The highest BCUT2D eigenvalue weighted by Crippen LogP contribution is 2.29. The Bertz CT molecular complexity index is 1000. The van der Waals surface area contributed by atoms with Crippen LogP contribution in [0.2, 0.25) is 0 Å². The Morgan fingerprint density at radius 2 is 1.59 bits per heavy atom. The van der Waals surface area contributed by atoms with E-state index in [9.17, 15) is 9.59 Å². The van der Waals surface area contributed by atoms with Crippen LogP contribution in [-0.2, 0) is 4.79 Å². The summed E-state index contributed by atoms with van der Waals surface area (Å²) in [7, 11) is 1.54. The summed E-state index contributed by atoms with van der Waals surface area (Å²) in [6, 6.07) is 22.3. The maximum atomic E-state index is 12.2. The van der Waals surface area contributed by atoms with Crippen LogP contribution in [-0.4, -0.2) is 25.5 Å². The third-order valence-corrected chi connectivity index (χ3v) is 4.32. The molecule has 0 fully saturated rings. The molecular formula is C23H22N2O4. The number of amides is 2. The topological polar surface area (TPSA) is 76.7 Å². The first-order valence-corrected chi connectivity index (χ1v) is 9.09. The van der Waals surface area contributed by atoms with E-state index in [2.05, 4.69) is 10.9 Å². The molecule has 148 valence electrons. The van der Waals surface area contributed by atoms with E-state index in [-0.39, 0.29) is 6.61 Å². The number of nitrogens with one attached hydrogen (secondary N) is 2. The molecule has 0 saturated carbocycles. The summed E-state index contributed by atoms with van der Waals surface area (Å²) in [5.74, 6) is 0.273. The Kier molecular flexibility index (Phi) is 6.47. The van der Waals surface area contributed by atoms with Gasteiger partial charge in [0.2, 0.25) is 0 Å². The number of hydrogen-bond donors (Lipinski definition) is 2. The van der Waals surface area contributed by atoms with Gasteiger partial charge in [0, 0.05) is 11.1 Å². The summed E-state index contributed by atoms with van der Waals surface area (Å²) in [4.78, 5) is 24.3. The summed E-state index contributed by atoms with van der Waals surface area (Å²) in [6.07, 6.45) is 0. The molecule has 3 rings (SSSR count). The molecule has 0 bridgehead atoms. The van der Waals surface area contributed by atoms with E-state index < -0.39 is 11.8 Å². The lowest BCUT2D eigenvalue weighted by Crippen LogP contribution is -2.43. The summed E-state index contributed by atoms with van der Waals surface area (Å²) in [5.41, 5.74) is 7.91. The van der Waals surface area contributed by atoms with E-state index in [1.807, 2.05) is 55.5 Å². The van der Waals surface area contributed by atoms with Crippen LogP contribution in [0.3, 0.4) is 0 Å². The van der Waals surface area contributed by atoms with Gasteiger partial charge in [0.25, 0.3) is 11.8 Å². The molecule has 6 nitrogen and oxygen atoms in total. The Morgan fingerprint density at radius 3 is 2.34 bits per heavy atom. The molecule has 0 aliphatic carbocycles. The van der Waals surface area contributed by atoms with Gasteiger partial charge in [-0.15, -0.1) is 0 Å². The SMILES string of the molecule is COc1cc(C(=O)NNC(=O)COc2ccccc2-c2ccccc2)ccc1C. The van der Waals surface area contributed by atoms with E-state index in [1.165, 1.54) is 7.11 Å². The average Bonchev–Trinajstić information content (AvgIpc) is 2.77. The molecule has 29 heavy (non-hydrogen) atoms. The minimum absolute atomic E-state index is 0.235. The second kappa shape index (κ2) is 9.41.